The molecule has 0 aromatic heterocycles. The number of carboxylic acid groups (broad SMARTS) is 1. The summed E-state index contributed by atoms with van der Waals surface area (Å²) in [4.78, 5) is 11.1. The predicted molar refractivity (Wildman–Crippen MR) is 70.8 cm³/mol. The van der Waals surface area contributed by atoms with Crippen LogP contribution in [0.2, 0.25) is 0 Å². The Bertz CT molecular complexity index is 451. The zero-order valence-corrected chi connectivity index (χ0v) is 12.3. The Morgan fingerprint density at radius 3 is 2.26 bits per heavy atom. The topological polar surface area (TPSA) is 77.9 Å². The van der Waals surface area contributed by atoms with Crippen LogP contribution >= 0.6 is 0 Å². The summed E-state index contributed by atoms with van der Waals surface area (Å²) in [6.07, 6.45) is 2.92. The molecule has 2 heterocycles. The smallest absolute Gasteiger partial charge is 0.307 e. The van der Waals surface area contributed by atoms with Crippen LogP contribution in [0.3, 0.4) is 0 Å². The van der Waals surface area contributed by atoms with Gasteiger partial charge in [0.2, 0.25) is 0 Å². The molecule has 0 aromatic rings. The van der Waals surface area contributed by atoms with E-state index >= 15 is 0 Å². The maximum absolute atomic E-state index is 12.6. The molecule has 19 heavy (non-hydrogen) atoms. The van der Waals surface area contributed by atoms with Crippen LogP contribution in [-0.4, -0.2) is 53.3 Å². The summed E-state index contributed by atoms with van der Waals surface area (Å²) < 4.78 is 28.2. The van der Waals surface area contributed by atoms with E-state index in [0.29, 0.717) is 19.4 Å². The second-order valence-electron chi connectivity index (χ2n) is 5.64. The van der Waals surface area contributed by atoms with Crippen molar-refractivity contribution in [1.82, 2.24) is 8.61 Å². The van der Waals surface area contributed by atoms with Crippen LogP contribution < -0.4 is 0 Å². The minimum atomic E-state index is -3.52. The molecular formula is C12H22N2O4S. The van der Waals surface area contributed by atoms with Gasteiger partial charge in [-0.15, -0.1) is 0 Å². The average Bonchev–Trinajstić information content (AvgIpc) is 2.76. The minimum Gasteiger partial charge on any atom is -0.481 e. The van der Waals surface area contributed by atoms with Crippen molar-refractivity contribution in [2.45, 2.75) is 51.6 Å². The van der Waals surface area contributed by atoms with Crippen molar-refractivity contribution in [1.29, 1.82) is 0 Å². The second-order valence-corrected chi connectivity index (χ2v) is 7.47. The molecule has 0 amide bonds. The average molecular weight is 290 g/mol. The van der Waals surface area contributed by atoms with E-state index in [-0.39, 0.29) is 18.6 Å². The van der Waals surface area contributed by atoms with Crippen LogP contribution in [0.1, 0.15) is 39.5 Å². The third kappa shape index (κ3) is 2.78. The molecule has 0 radical (unpaired) electrons. The van der Waals surface area contributed by atoms with Crippen molar-refractivity contribution in [2.24, 2.45) is 5.92 Å². The zero-order chi connectivity index (χ0) is 14.2. The van der Waals surface area contributed by atoms with Crippen molar-refractivity contribution in [3.63, 3.8) is 0 Å². The summed E-state index contributed by atoms with van der Waals surface area (Å²) in [6, 6.07) is -0.101. The van der Waals surface area contributed by atoms with Gasteiger partial charge in [-0.25, -0.2) is 0 Å². The Balaban J connectivity index is 2.20. The second kappa shape index (κ2) is 5.38. The highest BCUT2D eigenvalue weighted by molar-refractivity contribution is 7.86. The van der Waals surface area contributed by atoms with Crippen LogP contribution in [0.15, 0.2) is 0 Å². The fourth-order valence-electron chi connectivity index (χ4n) is 2.98. The normalized spacial score (nSPS) is 34.5. The van der Waals surface area contributed by atoms with Gasteiger partial charge in [0.25, 0.3) is 10.2 Å². The van der Waals surface area contributed by atoms with Gasteiger partial charge in [0.05, 0.1) is 5.92 Å². The quantitative estimate of drug-likeness (QED) is 0.837. The highest BCUT2D eigenvalue weighted by Crippen LogP contribution is 2.29. The molecule has 0 aliphatic carbocycles. The number of hydrogen-bond donors (Lipinski definition) is 1. The van der Waals surface area contributed by atoms with Gasteiger partial charge in [-0.2, -0.15) is 17.0 Å². The Kier molecular flexibility index (Phi) is 4.17. The molecule has 2 saturated heterocycles. The number of carbonyl (C=O) groups is 1. The van der Waals surface area contributed by atoms with Crippen LogP contribution in [0, 0.1) is 5.92 Å². The number of piperidine rings is 1. The Morgan fingerprint density at radius 1 is 1.11 bits per heavy atom. The number of aliphatic carboxylic acids is 1. The first-order valence-electron chi connectivity index (χ1n) is 6.85. The first kappa shape index (κ1) is 14.7. The lowest BCUT2D eigenvalue weighted by molar-refractivity contribution is -0.143. The Morgan fingerprint density at radius 2 is 1.74 bits per heavy atom. The molecule has 3 atom stereocenters. The van der Waals surface area contributed by atoms with E-state index in [1.54, 1.807) is 0 Å². The minimum absolute atomic E-state index is 0.0161. The molecule has 7 heteroatoms. The molecule has 0 bridgehead atoms. The van der Waals surface area contributed by atoms with E-state index in [9.17, 15) is 13.2 Å². The van der Waals surface area contributed by atoms with Gasteiger partial charge in [-0.3, -0.25) is 4.79 Å². The lowest BCUT2D eigenvalue weighted by Gasteiger charge is -2.38. The molecule has 2 aliphatic heterocycles. The van der Waals surface area contributed by atoms with E-state index in [0.717, 1.165) is 12.8 Å². The van der Waals surface area contributed by atoms with Crippen molar-refractivity contribution in [3.05, 3.63) is 0 Å². The van der Waals surface area contributed by atoms with Crippen molar-refractivity contribution in [3.8, 4) is 0 Å². The van der Waals surface area contributed by atoms with E-state index in [4.69, 9.17) is 5.11 Å². The molecule has 3 unspecified atom stereocenters. The largest absolute Gasteiger partial charge is 0.481 e. The first-order valence-corrected chi connectivity index (χ1v) is 8.25. The van der Waals surface area contributed by atoms with Gasteiger partial charge in [0.1, 0.15) is 0 Å². The molecule has 2 fully saturated rings. The molecule has 0 aromatic carbocycles. The number of rotatable bonds is 3. The van der Waals surface area contributed by atoms with Crippen molar-refractivity contribution in [2.75, 3.05) is 13.1 Å². The zero-order valence-electron chi connectivity index (χ0n) is 11.4. The van der Waals surface area contributed by atoms with E-state index in [1.165, 1.54) is 8.61 Å². The standard InChI is InChI=1S/C12H22N2O4S/c1-9-4-3-7-13(9)19(17,18)14-8-11(12(15)16)6-5-10(14)2/h9-11H,3-8H2,1-2H3,(H,15,16). The SMILES string of the molecule is CC1CCCN1S(=O)(=O)N1CC(C(=O)O)CCC1C. The summed E-state index contributed by atoms with van der Waals surface area (Å²) in [7, 11) is -3.52. The lowest BCUT2D eigenvalue weighted by Crippen LogP contribution is -2.53. The van der Waals surface area contributed by atoms with Crippen molar-refractivity contribution >= 4 is 16.2 Å². The molecule has 110 valence electrons. The van der Waals surface area contributed by atoms with Gasteiger partial charge < -0.3 is 5.11 Å². The summed E-state index contributed by atoms with van der Waals surface area (Å²) in [5, 5.41) is 9.09. The molecule has 2 rings (SSSR count). The van der Waals surface area contributed by atoms with E-state index in [2.05, 4.69) is 0 Å². The van der Waals surface area contributed by atoms with Gasteiger partial charge in [0, 0.05) is 25.2 Å². The Labute approximate surface area is 114 Å². The monoisotopic (exact) mass is 290 g/mol. The summed E-state index contributed by atoms with van der Waals surface area (Å²) >= 11 is 0. The van der Waals surface area contributed by atoms with E-state index in [1.807, 2.05) is 13.8 Å². The fourth-order valence-corrected chi connectivity index (χ4v) is 5.10. The Hall–Kier alpha value is -0.660. The lowest BCUT2D eigenvalue weighted by atomic mass is 9.96. The first-order chi connectivity index (χ1) is 8.84. The number of hydrogen-bond acceptors (Lipinski definition) is 3. The van der Waals surface area contributed by atoms with Gasteiger partial charge >= 0.3 is 5.97 Å². The maximum atomic E-state index is 12.6. The van der Waals surface area contributed by atoms with E-state index < -0.39 is 22.1 Å². The predicted octanol–water partition coefficient (Wildman–Crippen LogP) is 0.901. The molecule has 1 N–H and O–H groups in total. The summed E-state index contributed by atoms with van der Waals surface area (Å²) in [5.41, 5.74) is 0. The van der Waals surface area contributed by atoms with Gasteiger partial charge in [-0.1, -0.05) is 0 Å². The number of carboxylic acids is 1. The third-order valence-electron chi connectivity index (χ3n) is 4.26. The highest BCUT2D eigenvalue weighted by atomic mass is 32.2. The van der Waals surface area contributed by atoms with Crippen LogP contribution in [-0.2, 0) is 15.0 Å². The van der Waals surface area contributed by atoms with Crippen LogP contribution in [0.4, 0.5) is 0 Å². The maximum Gasteiger partial charge on any atom is 0.307 e. The van der Waals surface area contributed by atoms with Crippen LogP contribution in [0.25, 0.3) is 0 Å². The summed E-state index contributed by atoms with van der Waals surface area (Å²) in [5.74, 6) is -1.48. The third-order valence-corrected chi connectivity index (χ3v) is 6.50. The molecule has 0 saturated carbocycles. The summed E-state index contributed by atoms with van der Waals surface area (Å²) in [6.45, 7) is 4.41. The van der Waals surface area contributed by atoms with Crippen LogP contribution in [0.5, 0.6) is 0 Å². The fraction of sp³-hybridized carbons (Fsp3) is 0.917. The van der Waals surface area contributed by atoms with Gasteiger partial charge in [0.15, 0.2) is 0 Å². The van der Waals surface area contributed by atoms with Gasteiger partial charge in [-0.05, 0) is 39.5 Å². The number of nitrogens with zero attached hydrogens (tertiary/aromatic N) is 2. The molecule has 6 nitrogen and oxygen atoms in total. The molecular weight excluding hydrogens is 268 g/mol. The molecule has 0 spiro atoms. The molecule has 2 aliphatic rings. The van der Waals surface area contributed by atoms with Crippen molar-refractivity contribution < 1.29 is 18.3 Å². The highest BCUT2D eigenvalue weighted by Gasteiger charge is 2.42.